The predicted octanol–water partition coefficient (Wildman–Crippen LogP) is 3.04. The van der Waals surface area contributed by atoms with Crippen molar-refractivity contribution in [2.45, 2.75) is 43.9 Å². The van der Waals surface area contributed by atoms with Crippen molar-refractivity contribution < 1.29 is 4.92 Å². The highest BCUT2D eigenvalue weighted by Crippen LogP contribution is 2.61. The van der Waals surface area contributed by atoms with Gasteiger partial charge in [-0.2, -0.15) is 0 Å². The minimum absolute atomic E-state index is 0.0898. The number of nitrogen functional groups attached to an aromatic ring is 1. The summed E-state index contributed by atoms with van der Waals surface area (Å²) in [6.45, 7) is 0. The third-order valence-corrected chi connectivity index (χ3v) is 5.75. The third kappa shape index (κ3) is 1.58. The van der Waals surface area contributed by atoms with Crippen molar-refractivity contribution >= 4 is 11.5 Å². The molecule has 0 atom stereocenters. The molecule has 4 saturated carbocycles. The van der Waals surface area contributed by atoms with Crippen LogP contribution in [0.15, 0.2) is 12.3 Å². The molecule has 0 aromatic carbocycles. The minimum atomic E-state index is -0.459. The lowest BCUT2D eigenvalue weighted by molar-refractivity contribution is -0.388. The van der Waals surface area contributed by atoms with Crippen LogP contribution in [0.2, 0.25) is 0 Å². The summed E-state index contributed by atoms with van der Waals surface area (Å²) in [6, 6.07) is 1.93. The summed E-state index contributed by atoms with van der Waals surface area (Å²) < 4.78 is 0. The van der Waals surface area contributed by atoms with Crippen LogP contribution < -0.4 is 5.73 Å². The molecule has 0 amide bonds. The molecule has 5 heteroatoms. The number of anilines is 1. The number of nitrogens with zero attached hydrogens (tertiary/aromatic N) is 2. The van der Waals surface area contributed by atoms with Gasteiger partial charge in [0.1, 0.15) is 11.9 Å². The fraction of sp³-hybridized carbons (Fsp3) is 0.667. The van der Waals surface area contributed by atoms with E-state index in [2.05, 4.69) is 4.98 Å². The van der Waals surface area contributed by atoms with Crippen molar-refractivity contribution in [3.8, 4) is 0 Å². The highest BCUT2D eigenvalue weighted by molar-refractivity contribution is 5.61. The van der Waals surface area contributed by atoms with E-state index >= 15 is 0 Å². The molecule has 1 heterocycles. The largest absolute Gasteiger partial charge is 0.392 e. The van der Waals surface area contributed by atoms with Crippen molar-refractivity contribution in [1.82, 2.24) is 4.98 Å². The van der Waals surface area contributed by atoms with Crippen LogP contribution in [0, 0.1) is 27.9 Å². The molecule has 20 heavy (non-hydrogen) atoms. The Morgan fingerprint density at radius 2 is 1.75 bits per heavy atom. The average molecular weight is 273 g/mol. The molecule has 4 bridgehead atoms. The van der Waals surface area contributed by atoms with E-state index in [1.54, 1.807) is 6.20 Å². The predicted molar refractivity (Wildman–Crippen MR) is 75.2 cm³/mol. The molecule has 5 rings (SSSR count). The molecular weight excluding hydrogens is 254 g/mol. The number of hydrogen-bond acceptors (Lipinski definition) is 4. The molecule has 4 fully saturated rings. The van der Waals surface area contributed by atoms with Gasteiger partial charge >= 0.3 is 5.82 Å². The summed E-state index contributed by atoms with van der Waals surface area (Å²) in [5, 5.41) is 11.1. The molecule has 0 spiro atoms. The van der Waals surface area contributed by atoms with Gasteiger partial charge in [-0.1, -0.05) is 0 Å². The third-order valence-electron chi connectivity index (χ3n) is 5.75. The number of nitro groups is 1. The number of rotatable bonds is 2. The van der Waals surface area contributed by atoms with Crippen LogP contribution in [0.1, 0.15) is 44.1 Å². The van der Waals surface area contributed by atoms with Gasteiger partial charge in [-0.25, -0.2) is 0 Å². The first-order chi connectivity index (χ1) is 9.57. The number of pyridine rings is 1. The number of aromatic nitrogens is 1. The topological polar surface area (TPSA) is 82.0 Å². The Labute approximate surface area is 117 Å². The molecule has 0 unspecified atom stereocenters. The maximum Gasteiger partial charge on any atom is 0.387 e. The number of nitrogens with two attached hydrogens (primary N) is 1. The van der Waals surface area contributed by atoms with Crippen LogP contribution in [0.5, 0.6) is 0 Å². The van der Waals surface area contributed by atoms with Gasteiger partial charge in [0.05, 0.1) is 0 Å². The highest BCUT2D eigenvalue weighted by Gasteiger charge is 2.52. The Kier molecular flexibility index (Phi) is 2.38. The normalized spacial score (nSPS) is 38.1. The molecule has 5 nitrogen and oxygen atoms in total. The average Bonchev–Trinajstić information content (AvgIpc) is 2.36. The number of hydrogen-bond donors (Lipinski definition) is 1. The summed E-state index contributed by atoms with van der Waals surface area (Å²) in [5.74, 6) is 2.23. The van der Waals surface area contributed by atoms with Gasteiger partial charge in [0.15, 0.2) is 0 Å². The van der Waals surface area contributed by atoms with Crippen molar-refractivity contribution in [2.24, 2.45) is 17.8 Å². The van der Waals surface area contributed by atoms with E-state index in [4.69, 9.17) is 5.73 Å². The Balaban J connectivity index is 1.81. The molecule has 0 aliphatic heterocycles. The second-order valence-electron chi connectivity index (χ2n) is 7.05. The second-order valence-corrected chi connectivity index (χ2v) is 7.05. The summed E-state index contributed by atoms with van der Waals surface area (Å²) >= 11 is 0. The van der Waals surface area contributed by atoms with Gasteiger partial charge in [0, 0.05) is 0 Å². The zero-order valence-electron chi connectivity index (χ0n) is 11.4. The molecular formula is C15H19N3O2. The summed E-state index contributed by atoms with van der Waals surface area (Å²) in [6.07, 6.45) is 9.09. The zero-order chi connectivity index (χ0) is 13.9. The molecule has 0 saturated heterocycles. The van der Waals surface area contributed by atoms with E-state index in [0.29, 0.717) is 5.69 Å². The monoisotopic (exact) mass is 273 g/mol. The molecule has 1 aromatic rings. The first-order valence-corrected chi connectivity index (χ1v) is 7.47. The summed E-state index contributed by atoms with van der Waals surface area (Å²) in [5.41, 5.74) is 7.49. The lowest BCUT2D eigenvalue weighted by Gasteiger charge is -2.57. The van der Waals surface area contributed by atoms with Gasteiger partial charge in [0.2, 0.25) is 0 Å². The molecule has 1 aromatic heterocycles. The van der Waals surface area contributed by atoms with E-state index < -0.39 is 4.92 Å². The van der Waals surface area contributed by atoms with Crippen molar-refractivity contribution in [1.29, 1.82) is 0 Å². The van der Waals surface area contributed by atoms with E-state index in [0.717, 1.165) is 42.6 Å². The van der Waals surface area contributed by atoms with Gasteiger partial charge in [-0.15, -0.1) is 0 Å². The maximum absolute atomic E-state index is 11.1. The molecule has 4 aliphatic carbocycles. The molecule has 2 N–H and O–H groups in total. The van der Waals surface area contributed by atoms with Gasteiger partial charge in [-0.05, 0) is 83.2 Å². The van der Waals surface area contributed by atoms with Crippen LogP contribution in [-0.2, 0) is 5.41 Å². The SMILES string of the molecule is Nc1c(C23CC4CC(CC(C4)C2)C3)ccnc1[N+](=O)[O-]. The molecule has 4 aliphatic rings. The second kappa shape index (κ2) is 3.93. The lowest BCUT2D eigenvalue weighted by atomic mass is 9.48. The van der Waals surface area contributed by atoms with Crippen LogP contribution in [-0.4, -0.2) is 9.91 Å². The van der Waals surface area contributed by atoms with E-state index in [1.165, 1.54) is 19.3 Å². The molecule has 106 valence electrons. The first kappa shape index (κ1) is 12.1. The van der Waals surface area contributed by atoms with Gasteiger partial charge in [-0.3, -0.25) is 0 Å². The lowest BCUT2D eigenvalue weighted by Crippen LogP contribution is -2.48. The Hall–Kier alpha value is -1.65. The quantitative estimate of drug-likeness (QED) is 0.663. The Morgan fingerprint density at radius 3 is 2.25 bits per heavy atom. The van der Waals surface area contributed by atoms with Crippen LogP contribution in [0.4, 0.5) is 11.5 Å². The van der Waals surface area contributed by atoms with E-state index in [9.17, 15) is 10.1 Å². The van der Waals surface area contributed by atoms with Crippen LogP contribution >= 0.6 is 0 Å². The highest BCUT2D eigenvalue weighted by atomic mass is 16.6. The first-order valence-electron chi connectivity index (χ1n) is 7.47. The molecule has 0 radical (unpaired) electrons. The fourth-order valence-electron chi connectivity index (χ4n) is 5.51. The Morgan fingerprint density at radius 1 is 1.20 bits per heavy atom. The minimum Gasteiger partial charge on any atom is -0.392 e. The van der Waals surface area contributed by atoms with Crippen molar-refractivity contribution in [2.75, 3.05) is 5.73 Å². The van der Waals surface area contributed by atoms with Gasteiger partial charge < -0.3 is 15.8 Å². The fourth-order valence-corrected chi connectivity index (χ4v) is 5.51. The smallest absolute Gasteiger partial charge is 0.387 e. The standard InChI is InChI=1S/C15H19N3O2/c16-13-12(1-2-17-14(13)18(19)20)15-6-9-3-10(7-15)5-11(4-9)8-15/h1-2,9-11H,3-8,16H2. The maximum atomic E-state index is 11.1. The van der Waals surface area contributed by atoms with E-state index in [1.807, 2.05) is 6.07 Å². The van der Waals surface area contributed by atoms with Gasteiger partial charge in [0.25, 0.3) is 0 Å². The van der Waals surface area contributed by atoms with E-state index in [-0.39, 0.29) is 11.2 Å². The summed E-state index contributed by atoms with van der Waals surface area (Å²) in [4.78, 5) is 14.4. The van der Waals surface area contributed by atoms with Crippen LogP contribution in [0.3, 0.4) is 0 Å². The summed E-state index contributed by atoms with van der Waals surface area (Å²) in [7, 11) is 0. The zero-order valence-corrected chi connectivity index (χ0v) is 11.4. The van der Waals surface area contributed by atoms with Crippen molar-refractivity contribution in [3.63, 3.8) is 0 Å². The van der Waals surface area contributed by atoms with Crippen LogP contribution in [0.25, 0.3) is 0 Å². The van der Waals surface area contributed by atoms with Crippen molar-refractivity contribution in [3.05, 3.63) is 27.9 Å². The Bertz CT molecular complexity index is 549.